The van der Waals surface area contributed by atoms with Crippen LogP contribution >= 0.6 is 0 Å². The largest absolute Gasteiger partial charge is 0.241 e. The molecule has 1 aromatic carbocycles. The van der Waals surface area contributed by atoms with Crippen LogP contribution in [0.4, 0.5) is 8.78 Å². The molecular weight excluding hydrogens is 298 g/mol. The van der Waals surface area contributed by atoms with E-state index in [1.165, 1.54) is 0 Å². The molecule has 1 aromatic rings. The lowest BCUT2D eigenvalue weighted by Crippen LogP contribution is -2.40. The van der Waals surface area contributed by atoms with Crippen LogP contribution in [-0.4, -0.2) is 14.5 Å². The van der Waals surface area contributed by atoms with Gasteiger partial charge < -0.3 is 0 Å². The van der Waals surface area contributed by atoms with Gasteiger partial charge in [0.25, 0.3) is 0 Å². The monoisotopic (exact) mass is 314 g/mol. The zero-order chi connectivity index (χ0) is 15.5. The average Bonchev–Trinajstić information content (AvgIpc) is 2.48. The fraction of sp³-hybridized carbons (Fsp3) is 0.500. The summed E-state index contributed by atoms with van der Waals surface area (Å²) in [5.41, 5.74) is 0. The molecule has 0 aromatic heterocycles. The normalized spacial score (nSPS) is 18.1. The molecule has 1 N–H and O–H groups in total. The van der Waals surface area contributed by atoms with Gasteiger partial charge in [0.2, 0.25) is 10.0 Å². The van der Waals surface area contributed by atoms with E-state index in [0.717, 1.165) is 44.2 Å². The molecule has 1 aliphatic carbocycles. The summed E-state index contributed by atoms with van der Waals surface area (Å²) < 4.78 is 52.6. The number of benzene rings is 1. The van der Waals surface area contributed by atoms with E-state index in [1.54, 1.807) is 0 Å². The average molecular weight is 314 g/mol. The maximum atomic E-state index is 13.2. The van der Waals surface area contributed by atoms with Gasteiger partial charge in [-0.2, -0.15) is 9.98 Å². The van der Waals surface area contributed by atoms with E-state index >= 15 is 0 Å². The van der Waals surface area contributed by atoms with Crippen molar-refractivity contribution in [1.29, 1.82) is 5.26 Å². The lowest BCUT2D eigenvalue weighted by Gasteiger charge is -2.26. The van der Waals surface area contributed by atoms with Crippen molar-refractivity contribution in [2.45, 2.75) is 43.0 Å². The second-order valence-electron chi connectivity index (χ2n) is 5.20. The van der Waals surface area contributed by atoms with E-state index in [0.29, 0.717) is 6.07 Å². The fourth-order valence-electron chi connectivity index (χ4n) is 2.57. The van der Waals surface area contributed by atoms with Crippen molar-refractivity contribution in [2.75, 3.05) is 0 Å². The Labute approximate surface area is 122 Å². The number of nitrogens with one attached hydrogen (secondary N) is 1. The Balaban J connectivity index is 2.18. The summed E-state index contributed by atoms with van der Waals surface area (Å²) in [4.78, 5) is -0.377. The predicted molar refractivity (Wildman–Crippen MR) is 72.7 cm³/mol. The van der Waals surface area contributed by atoms with Gasteiger partial charge in [0.15, 0.2) is 11.6 Å². The number of sulfonamides is 1. The summed E-state index contributed by atoms with van der Waals surface area (Å²) in [5.74, 6) is -2.38. The number of nitrogens with zero attached hydrogens (tertiary/aromatic N) is 1. The van der Waals surface area contributed by atoms with Gasteiger partial charge in [-0.15, -0.1) is 0 Å². The third-order valence-corrected chi connectivity index (χ3v) is 5.18. The van der Waals surface area contributed by atoms with Crippen LogP contribution in [0.1, 0.15) is 32.1 Å². The van der Waals surface area contributed by atoms with Crippen LogP contribution in [0.25, 0.3) is 0 Å². The quantitative estimate of drug-likeness (QED) is 0.929. The molecule has 0 aliphatic heterocycles. The van der Waals surface area contributed by atoms with Gasteiger partial charge in [-0.1, -0.05) is 19.3 Å². The van der Waals surface area contributed by atoms with E-state index in [2.05, 4.69) is 4.72 Å². The Morgan fingerprint density at radius 2 is 1.86 bits per heavy atom. The molecule has 1 saturated carbocycles. The van der Waals surface area contributed by atoms with Gasteiger partial charge in [-0.05, 0) is 37.0 Å². The first kappa shape index (κ1) is 15.9. The fourth-order valence-corrected chi connectivity index (χ4v) is 3.80. The Hall–Kier alpha value is -1.52. The van der Waals surface area contributed by atoms with Crippen LogP contribution in [0, 0.1) is 28.9 Å². The number of hydrogen-bond donors (Lipinski definition) is 1. The topological polar surface area (TPSA) is 70.0 Å². The third kappa shape index (κ3) is 3.77. The van der Waals surface area contributed by atoms with Crippen molar-refractivity contribution in [3.8, 4) is 6.07 Å². The van der Waals surface area contributed by atoms with Crippen LogP contribution in [0.3, 0.4) is 0 Å². The molecule has 1 atom stereocenters. The van der Waals surface area contributed by atoms with E-state index in [-0.39, 0.29) is 10.8 Å². The summed E-state index contributed by atoms with van der Waals surface area (Å²) in [7, 11) is -4.04. The number of rotatable bonds is 4. The van der Waals surface area contributed by atoms with Crippen LogP contribution in [-0.2, 0) is 10.0 Å². The second kappa shape index (κ2) is 6.50. The van der Waals surface area contributed by atoms with Crippen molar-refractivity contribution in [1.82, 2.24) is 4.72 Å². The molecule has 0 saturated heterocycles. The van der Waals surface area contributed by atoms with Crippen LogP contribution in [0.15, 0.2) is 23.1 Å². The molecule has 0 heterocycles. The summed E-state index contributed by atoms with van der Waals surface area (Å²) in [6.45, 7) is 0. The molecule has 21 heavy (non-hydrogen) atoms. The van der Waals surface area contributed by atoms with Gasteiger partial charge in [0, 0.05) is 0 Å². The molecule has 4 nitrogen and oxygen atoms in total. The van der Waals surface area contributed by atoms with Crippen molar-refractivity contribution in [3.05, 3.63) is 29.8 Å². The highest BCUT2D eigenvalue weighted by molar-refractivity contribution is 7.89. The molecule has 1 aliphatic rings. The molecule has 0 bridgehead atoms. The van der Waals surface area contributed by atoms with E-state index in [9.17, 15) is 22.5 Å². The highest BCUT2D eigenvalue weighted by atomic mass is 32.2. The van der Waals surface area contributed by atoms with Gasteiger partial charge in [0.1, 0.15) is 6.04 Å². The summed E-state index contributed by atoms with van der Waals surface area (Å²) in [6, 6.07) is 3.48. The minimum Gasteiger partial charge on any atom is -0.207 e. The molecule has 7 heteroatoms. The molecule has 0 spiro atoms. The molecular formula is C14H16F2N2O2S. The number of hydrogen-bond acceptors (Lipinski definition) is 3. The van der Waals surface area contributed by atoms with E-state index in [4.69, 9.17) is 0 Å². The Kier molecular flexibility index (Phi) is 4.91. The molecule has 114 valence electrons. The maximum absolute atomic E-state index is 13.2. The van der Waals surface area contributed by atoms with Crippen molar-refractivity contribution in [3.63, 3.8) is 0 Å². The second-order valence-corrected chi connectivity index (χ2v) is 6.92. The third-order valence-electron chi connectivity index (χ3n) is 3.74. The summed E-state index contributed by atoms with van der Waals surface area (Å²) in [5, 5.41) is 9.18. The Bertz CT molecular complexity index is 649. The Morgan fingerprint density at radius 1 is 1.19 bits per heavy atom. The van der Waals surface area contributed by atoms with E-state index in [1.807, 2.05) is 6.07 Å². The highest BCUT2D eigenvalue weighted by Gasteiger charge is 2.28. The first-order valence-corrected chi connectivity index (χ1v) is 8.29. The van der Waals surface area contributed by atoms with Gasteiger partial charge in [-0.3, -0.25) is 0 Å². The molecule has 1 fully saturated rings. The van der Waals surface area contributed by atoms with Crippen molar-refractivity contribution in [2.24, 2.45) is 5.92 Å². The first-order chi connectivity index (χ1) is 9.94. The molecule has 0 amide bonds. The predicted octanol–water partition coefficient (Wildman–Crippen LogP) is 2.72. The first-order valence-electron chi connectivity index (χ1n) is 6.81. The zero-order valence-electron chi connectivity index (χ0n) is 11.4. The van der Waals surface area contributed by atoms with Crippen LogP contribution in [0.2, 0.25) is 0 Å². The number of nitriles is 1. The van der Waals surface area contributed by atoms with Gasteiger partial charge in [0.05, 0.1) is 11.0 Å². The van der Waals surface area contributed by atoms with Crippen molar-refractivity contribution >= 4 is 10.0 Å². The molecule has 0 radical (unpaired) electrons. The maximum Gasteiger partial charge on any atom is 0.241 e. The molecule has 2 rings (SSSR count). The minimum absolute atomic E-state index is 0.0381. The van der Waals surface area contributed by atoms with Crippen LogP contribution < -0.4 is 4.72 Å². The van der Waals surface area contributed by atoms with Gasteiger partial charge >= 0.3 is 0 Å². The summed E-state index contributed by atoms with van der Waals surface area (Å²) in [6.07, 6.45) is 4.60. The minimum atomic E-state index is -4.04. The highest BCUT2D eigenvalue weighted by Crippen LogP contribution is 2.27. The van der Waals surface area contributed by atoms with Crippen molar-refractivity contribution < 1.29 is 17.2 Å². The number of halogens is 2. The lowest BCUT2D eigenvalue weighted by molar-refractivity contribution is 0.324. The van der Waals surface area contributed by atoms with Gasteiger partial charge in [-0.25, -0.2) is 17.2 Å². The SMILES string of the molecule is N#CC(NS(=O)(=O)c1ccc(F)c(F)c1)C1CCCCC1. The van der Waals surface area contributed by atoms with E-state index < -0.39 is 27.7 Å². The van der Waals surface area contributed by atoms with Crippen LogP contribution in [0.5, 0.6) is 0 Å². The summed E-state index contributed by atoms with van der Waals surface area (Å²) >= 11 is 0. The standard InChI is InChI=1S/C14H16F2N2O2S/c15-12-7-6-11(8-13(12)16)21(19,20)18-14(9-17)10-4-2-1-3-5-10/h6-8,10,14,18H,1-5H2. The Morgan fingerprint density at radius 3 is 2.43 bits per heavy atom. The molecule has 1 unspecified atom stereocenters. The smallest absolute Gasteiger partial charge is 0.207 e. The lowest BCUT2D eigenvalue weighted by atomic mass is 9.85. The zero-order valence-corrected chi connectivity index (χ0v) is 12.2.